The van der Waals surface area contributed by atoms with Crippen molar-refractivity contribution in [3.63, 3.8) is 0 Å². The fourth-order valence-corrected chi connectivity index (χ4v) is 5.89. The van der Waals surface area contributed by atoms with Crippen molar-refractivity contribution in [3.8, 4) is 16.9 Å². The van der Waals surface area contributed by atoms with Crippen molar-refractivity contribution in [2.45, 2.75) is 72.7 Å². The predicted molar refractivity (Wildman–Crippen MR) is 184 cm³/mol. The molecule has 1 saturated heterocycles. The Kier molecular flexibility index (Phi) is 10.2. The summed E-state index contributed by atoms with van der Waals surface area (Å²) in [6.07, 6.45) is 2.70. The van der Waals surface area contributed by atoms with Crippen LogP contribution in [-0.2, 0) is 24.4 Å². The van der Waals surface area contributed by atoms with E-state index < -0.39 is 11.6 Å². The molecular formula is C39H45N3O4. The summed E-state index contributed by atoms with van der Waals surface area (Å²) in [4.78, 5) is 25.2. The fourth-order valence-electron chi connectivity index (χ4n) is 5.89. The molecule has 3 aromatic carbocycles. The number of hydrogen-bond acceptors (Lipinski definition) is 7. The predicted octanol–water partition coefficient (Wildman–Crippen LogP) is 7.97. The van der Waals surface area contributed by atoms with Gasteiger partial charge in [-0.05, 0) is 99.4 Å². The molecule has 0 saturated carbocycles. The van der Waals surface area contributed by atoms with E-state index in [4.69, 9.17) is 19.4 Å². The van der Waals surface area contributed by atoms with Gasteiger partial charge in [0, 0.05) is 25.2 Å². The largest absolute Gasteiger partial charge is 0.484 e. The molecule has 46 heavy (non-hydrogen) atoms. The number of hydrogen-bond donors (Lipinski definition) is 1. The monoisotopic (exact) mass is 619 g/mol. The van der Waals surface area contributed by atoms with Crippen LogP contribution in [0, 0.1) is 12.8 Å². The number of aryl methyl sites for hydroxylation is 1. The van der Waals surface area contributed by atoms with Crippen LogP contribution in [0.2, 0.25) is 0 Å². The number of rotatable bonds is 10. The number of benzene rings is 3. The highest BCUT2D eigenvalue weighted by atomic mass is 16.6. The third kappa shape index (κ3) is 8.20. The lowest BCUT2D eigenvalue weighted by Crippen LogP contribution is -2.34. The molecule has 240 valence electrons. The second kappa shape index (κ2) is 14.3. The van der Waals surface area contributed by atoms with Crippen LogP contribution in [0.15, 0.2) is 79.4 Å². The number of aromatic nitrogens is 2. The normalized spacial score (nSPS) is 13.8. The zero-order valence-corrected chi connectivity index (χ0v) is 27.7. The lowest BCUT2D eigenvalue weighted by atomic mass is 9.92. The van der Waals surface area contributed by atoms with Crippen LogP contribution in [0.25, 0.3) is 16.7 Å². The molecule has 0 bridgehead atoms. The number of esters is 1. The minimum atomic E-state index is -0.657. The topological polar surface area (TPSA) is 84.8 Å². The van der Waals surface area contributed by atoms with E-state index in [1.807, 2.05) is 71.0 Å². The summed E-state index contributed by atoms with van der Waals surface area (Å²) in [6.45, 7) is 15.6. The van der Waals surface area contributed by atoms with Crippen LogP contribution < -0.4 is 9.64 Å². The molecular weight excluding hydrogens is 574 g/mol. The van der Waals surface area contributed by atoms with E-state index >= 15 is 0 Å². The van der Waals surface area contributed by atoms with Crippen molar-refractivity contribution >= 4 is 17.2 Å². The van der Waals surface area contributed by atoms with Crippen molar-refractivity contribution in [2.24, 2.45) is 5.92 Å². The first-order chi connectivity index (χ1) is 22.0. The van der Waals surface area contributed by atoms with Crippen LogP contribution in [0.3, 0.4) is 0 Å². The van der Waals surface area contributed by atoms with Gasteiger partial charge in [-0.15, -0.1) is 0 Å². The van der Waals surface area contributed by atoms with E-state index in [0.717, 1.165) is 59.3 Å². The summed E-state index contributed by atoms with van der Waals surface area (Å²) < 4.78 is 11.8. The molecule has 0 radical (unpaired) electrons. The number of anilines is 1. The average Bonchev–Trinajstić information content (AvgIpc) is 3.04. The SMILES string of the molecule is C=C(C)c1cc(-c2ccc(N3CCC(Cc4nc(C)c(OCc5ccccc5)c(C(=O)OC(C)(C)C)n4)CC3)cc2)ccc1CO. The Morgan fingerprint density at radius 2 is 1.65 bits per heavy atom. The van der Waals surface area contributed by atoms with Gasteiger partial charge in [-0.3, -0.25) is 0 Å². The van der Waals surface area contributed by atoms with E-state index in [1.165, 1.54) is 5.69 Å². The van der Waals surface area contributed by atoms with Gasteiger partial charge in [0.2, 0.25) is 0 Å². The van der Waals surface area contributed by atoms with Crippen LogP contribution in [0.4, 0.5) is 5.69 Å². The van der Waals surface area contributed by atoms with Crippen LogP contribution in [0.1, 0.15) is 79.2 Å². The zero-order chi connectivity index (χ0) is 32.8. The molecule has 0 amide bonds. The Morgan fingerprint density at radius 3 is 2.28 bits per heavy atom. The highest BCUT2D eigenvalue weighted by Gasteiger charge is 2.27. The van der Waals surface area contributed by atoms with Crippen LogP contribution in [-0.4, -0.2) is 39.7 Å². The van der Waals surface area contributed by atoms with Crippen LogP contribution in [0.5, 0.6) is 5.75 Å². The standard InChI is InChI=1S/C39H45N3O4/c1-26(2)34-23-31(12-13-32(34)24-43)30-14-16-33(17-15-30)42-20-18-28(19-21-42)22-35-40-27(3)37(45-25-29-10-8-7-9-11-29)36(41-35)38(44)46-39(4,5)6/h7-17,23,28,43H,1,18-22,24-25H2,2-6H3. The Bertz CT molecular complexity index is 1670. The maximum absolute atomic E-state index is 13.3. The second-order valence-corrected chi connectivity index (χ2v) is 13.2. The van der Waals surface area contributed by atoms with Crippen molar-refractivity contribution < 1.29 is 19.4 Å². The molecule has 1 aromatic heterocycles. The number of ether oxygens (including phenoxy) is 2. The van der Waals surface area contributed by atoms with Crippen molar-refractivity contribution in [3.05, 3.63) is 113 Å². The first-order valence-electron chi connectivity index (χ1n) is 16.0. The highest BCUT2D eigenvalue weighted by Crippen LogP contribution is 2.31. The Morgan fingerprint density at radius 1 is 0.978 bits per heavy atom. The Hall–Kier alpha value is -4.49. The van der Waals surface area contributed by atoms with E-state index in [-0.39, 0.29) is 12.3 Å². The van der Waals surface area contributed by atoms with Gasteiger partial charge in [-0.1, -0.05) is 66.7 Å². The quantitative estimate of drug-likeness (QED) is 0.180. The lowest BCUT2D eigenvalue weighted by molar-refractivity contribution is 0.00572. The summed E-state index contributed by atoms with van der Waals surface area (Å²) in [5, 5.41) is 9.68. The van der Waals surface area contributed by atoms with Gasteiger partial charge < -0.3 is 19.5 Å². The van der Waals surface area contributed by atoms with E-state index in [9.17, 15) is 9.90 Å². The third-order valence-electron chi connectivity index (χ3n) is 8.29. The smallest absolute Gasteiger partial charge is 0.361 e. The number of carbonyl (C=O) groups is 1. The molecule has 1 aliphatic heterocycles. The van der Waals surface area contributed by atoms with E-state index in [1.54, 1.807) is 0 Å². The van der Waals surface area contributed by atoms with Gasteiger partial charge in [0.1, 0.15) is 18.0 Å². The van der Waals surface area contributed by atoms with Crippen molar-refractivity contribution in [1.82, 2.24) is 9.97 Å². The summed E-state index contributed by atoms with van der Waals surface area (Å²) in [7, 11) is 0. The van der Waals surface area contributed by atoms with Crippen molar-refractivity contribution in [1.29, 1.82) is 0 Å². The molecule has 0 unspecified atom stereocenters. The summed E-state index contributed by atoms with van der Waals surface area (Å²) in [5.74, 6) is 0.929. The molecule has 0 atom stereocenters. The lowest BCUT2D eigenvalue weighted by Gasteiger charge is -2.33. The summed E-state index contributed by atoms with van der Waals surface area (Å²) in [6, 6.07) is 24.7. The van der Waals surface area contributed by atoms with Gasteiger partial charge >= 0.3 is 5.97 Å². The van der Waals surface area contributed by atoms with Gasteiger partial charge in [0.05, 0.1) is 12.3 Å². The molecule has 2 heterocycles. The third-order valence-corrected chi connectivity index (χ3v) is 8.29. The van der Waals surface area contributed by atoms with Crippen molar-refractivity contribution in [2.75, 3.05) is 18.0 Å². The number of aliphatic hydroxyl groups is 1. The Balaban J connectivity index is 1.25. The van der Waals surface area contributed by atoms with Gasteiger partial charge in [-0.2, -0.15) is 0 Å². The number of piperidine rings is 1. The minimum Gasteiger partial charge on any atom is -0.484 e. The van der Waals surface area contributed by atoms with Crippen LogP contribution >= 0.6 is 0 Å². The number of nitrogens with zero attached hydrogens (tertiary/aromatic N) is 3. The first-order valence-corrected chi connectivity index (χ1v) is 16.0. The van der Waals surface area contributed by atoms with Gasteiger partial charge in [0.25, 0.3) is 0 Å². The molecule has 7 nitrogen and oxygen atoms in total. The van der Waals surface area contributed by atoms with E-state index in [2.05, 4.69) is 47.9 Å². The second-order valence-electron chi connectivity index (χ2n) is 13.2. The molecule has 1 N–H and O–H groups in total. The Labute approximate surface area is 272 Å². The number of carbonyl (C=O) groups excluding carboxylic acids is 1. The average molecular weight is 620 g/mol. The molecule has 7 heteroatoms. The molecule has 0 spiro atoms. The van der Waals surface area contributed by atoms with Gasteiger partial charge in [-0.25, -0.2) is 14.8 Å². The highest BCUT2D eigenvalue weighted by molar-refractivity contribution is 5.91. The van der Waals surface area contributed by atoms with E-state index in [0.29, 0.717) is 36.2 Å². The summed E-state index contributed by atoms with van der Waals surface area (Å²) in [5.41, 5.74) is 7.45. The zero-order valence-electron chi connectivity index (χ0n) is 27.7. The maximum atomic E-state index is 13.3. The molecule has 1 aliphatic rings. The first kappa shape index (κ1) is 32.9. The summed E-state index contributed by atoms with van der Waals surface area (Å²) >= 11 is 0. The molecule has 4 aromatic rings. The van der Waals surface area contributed by atoms with Gasteiger partial charge in [0.15, 0.2) is 11.4 Å². The minimum absolute atomic E-state index is 0.00246. The fraction of sp³-hybridized carbons (Fsp3) is 0.359. The number of allylic oxidation sites excluding steroid dienone is 1. The number of aliphatic hydroxyl groups excluding tert-OH is 1. The maximum Gasteiger partial charge on any atom is 0.361 e. The molecule has 1 fully saturated rings. The molecule has 0 aliphatic carbocycles. The molecule has 5 rings (SSSR count).